The molecule has 0 aliphatic carbocycles. The van der Waals surface area contributed by atoms with Crippen LogP contribution in [-0.2, 0) is 9.53 Å². The van der Waals surface area contributed by atoms with Gasteiger partial charge in [0.2, 0.25) is 5.91 Å². The van der Waals surface area contributed by atoms with Crippen molar-refractivity contribution in [2.45, 2.75) is 20.0 Å². The van der Waals surface area contributed by atoms with Crippen LogP contribution in [0.2, 0.25) is 0 Å². The number of nitrogens with zero attached hydrogens (tertiary/aromatic N) is 2. The zero-order valence-electron chi connectivity index (χ0n) is 12.2. The normalized spacial score (nSPS) is 19.2. The van der Waals surface area contributed by atoms with E-state index in [-0.39, 0.29) is 25.2 Å². The summed E-state index contributed by atoms with van der Waals surface area (Å²) >= 11 is 1.42. The number of aliphatic hydroxyl groups excluding tert-OH is 1. The fraction of sp³-hybridized carbons (Fsp3) is 0.571. The predicted molar refractivity (Wildman–Crippen MR) is 80.4 cm³/mol. The standard InChI is InChI=1S/C14H19N3O3S/c1-9-10(2)21-14(12(9)5-15)16-13(19)7-17-3-4-20-11(6-17)8-18/h11,18H,3-4,6-8H2,1-2H3,(H,16,19). The zero-order chi connectivity index (χ0) is 15.4. The summed E-state index contributed by atoms with van der Waals surface area (Å²) in [5, 5.41) is 21.7. The summed E-state index contributed by atoms with van der Waals surface area (Å²) in [6.07, 6.45) is -0.229. The van der Waals surface area contributed by atoms with Crippen LogP contribution in [-0.4, -0.2) is 54.9 Å². The zero-order valence-corrected chi connectivity index (χ0v) is 13.0. The highest BCUT2D eigenvalue weighted by Gasteiger charge is 2.22. The molecule has 7 heteroatoms. The number of aryl methyl sites for hydroxylation is 1. The van der Waals surface area contributed by atoms with E-state index in [9.17, 15) is 4.79 Å². The van der Waals surface area contributed by atoms with E-state index in [0.29, 0.717) is 30.3 Å². The Morgan fingerprint density at radius 2 is 2.38 bits per heavy atom. The van der Waals surface area contributed by atoms with Crippen LogP contribution in [0.3, 0.4) is 0 Å². The van der Waals surface area contributed by atoms with Gasteiger partial charge < -0.3 is 15.2 Å². The SMILES string of the molecule is Cc1sc(NC(=O)CN2CCOC(CO)C2)c(C#N)c1C. The Hall–Kier alpha value is -1.46. The van der Waals surface area contributed by atoms with E-state index in [0.717, 1.165) is 10.4 Å². The van der Waals surface area contributed by atoms with Crippen molar-refractivity contribution >= 4 is 22.2 Å². The molecule has 21 heavy (non-hydrogen) atoms. The number of nitriles is 1. The Bertz CT molecular complexity index is 565. The number of ether oxygens (including phenoxy) is 1. The fourth-order valence-electron chi connectivity index (χ4n) is 2.25. The third kappa shape index (κ3) is 3.80. The number of morpholine rings is 1. The molecule has 1 saturated heterocycles. The summed E-state index contributed by atoms with van der Waals surface area (Å²) in [6.45, 7) is 5.73. The number of amides is 1. The van der Waals surface area contributed by atoms with Gasteiger partial charge in [-0.1, -0.05) is 0 Å². The maximum atomic E-state index is 12.1. The summed E-state index contributed by atoms with van der Waals surface area (Å²) in [4.78, 5) is 15.1. The molecule has 2 N–H and O–H groups in total. The van der Waals surface area contributed by atoms with Gasteiger partial charge in [0, 0.05) is 18.0 Å². The largest absolute Gasteiger partial charge is 0.394 e. The molecule has 1 atom stereocenters. The average molecular weight is 309 g/mol. The Balaban J connectivity index is 1.96. The number of thiophene rings is 1. The number of hydrogen-bond acceptors (Lipinski definition) is 6. The second-order valence-electron chi connectivity index (χ2n) is 5.06. The molecular formula is C14H19N3O3S. The first kappa shape index (κ1) is 15.9. The Morgan fingerprint density at radius 1 is 1.62 bits per heavy atom. The molecule has 1 unspecified atom stereocenters. The number of carbonyl (C=O) groups is 1. The topological polar surface area (TPSA) is 85.6 Å². The number of hydrogen-bond donors (Lipinski definition) is 2. The molecule has 1 amide bonds. The molecule has 1 aromatic rings. The first-order chi connectivity index (χ1) is 10.0. The van der Waals surface area contributed by atoms with E-state index < -0.39 is 0 Å². The smallest absolute Gasteiger partial charge is 0.239 e. The van der Waals surface area contributed by atoms with E-state index in [4.69, 9.17) is 15.1 Å². The van der Waals surface area contributed by atoms with Crippen LogP contribution < -0.4 is 5.32 Å². The van der Waals surface area contributed by atoms with Crippen molar-refractivity contribution < 1.29 is 14.6 Å². The van der Waals surface area contributed by atoms with Crippen LogP contribution >= 0.6 is 11.3 Å². The van der Waals surface area contributed by atoms with Crippen LogP contribution in [0.25, 0.3) is 0 Å². The number of nitrogens with one attached hydrogen (secondary N) is 1. The van der Waals surface area contributed by atoms with E-state index in [1.165, 1.54) is 11.3 Å². The van der Waals surface area contributed by atoms with Crippen molar-refractivity contribution in [3.05, 3.63) is 16.0 Å². The summed E-state index contributed by atoms with van der Waals surface area (Å²) in [7, 11) is 0. The number of carbonyl (C=O) groups excluding carboxylic acids is 1. The average Bonchev–Trinajstić information content (AvgIpc) is 2.73. The molecule has 0 saturated carbocycles. The Labute approximate surface area is 127 Å². The summed E-state index contributed by atoms with van der Waals surface area (Å²) < 4.78 is 5.35. The third-order valence-corrected chi connectivity index (χ3v) is 4.67. The predicted octanol–water partition coefficient (Wildman–Crippen LogP) is 0.868. The highest BCUT2D eigenvalue weighted by atomic mass is 32.1. The lowest BCUT2D eigenvalue weighted by molar-refractivity contribution is -0.120. The fourth-order valence-corrected chi connectivity index (χ4v) is 3.28. The highest BCUT2D eigenvalue weighted by Crippen LogP contribution is 2.31. The van der Waals surface area contributed by atoms with Gasteiger partial charge in [-0.2, -0.15) is 5.26 Å². The molecule has 1 aromatic heterocycles. The number of anilines is 1. The maximum Gasteiger partial charge on any atom is 0.239 e. The van der Waals surface area contributed by atoms with Crippen LogP contribution in [0.4, 0.5) is 5.00 Å². The summed E-state index contributed by atoms with van der Waals surface area (Å²) in [5.41, 5.74) is 1.46. The van der Waals surface area contributed by atoms with E-state index >= 15 is 0 Å². The van der Waals surface area contributed by atoms with Crippen molar-refractivity contribution in [3.8, 4) is 6.07 Å². The van der Waals surface area contributed by atoms with Gasteiger partial charge in [-0.25, -0.2) is 0 Å². The first-order valence-electron chi connectivity index (χ1n) is 6.80. The molecule has 1 aliphatic rings. The lowest BCUT2D eigenvalue weighted by Gasteiger charge is -2.31. The Morgan fingerprint density at radius 3 is 3.05 bits per heavy atom. The van der Waals surface area contributed by atoms with Crippen molar-refractivity contribution in [2.75, 3.05) is 38.2 Å². The monoisotopic (exact) mass is 309 g/mol. The molecule has 2 rings (SSSR count). The second-order valence-corrected chi connectivity index (χ2v) is 6.28. The van der Waals surface area contributed by atoms with E-state index in [2.05, 4.69) is 11.4 Å². The van der Waals surface area contributed by atoms with Gasteiger partial charge in [-0.15, -0.1) is 11.3 Å². The van der Waals surface area contributed by atoms with Gasteiger partial charge in [0.15, 0.2) is 0 Å². The minimum atomic E-state index is -0.229. The van der Waals surface area contributed by atoms with Gasteiger partial charge in [-0.3, -0.25) is 9.69 Å². The van der Waals surface area contributed by atoms with E-state index in [1.54, 1.807) is 0 Å². The molecule has 0 spiro atoms. The van der Waals surface area contributed by atoms with Crippen molar-refractivity contribution in [2.24, 2.45) is 0 Å². The summed E-state index contributed by atoms with van der Waals surface area (Å²) in [5.74, 6) is -0.147. The van der Waals surface area contributed by atoms with Gasteiger partial charge >= 0.3 is 0 Å². The molecule has 1 aliphatic heterocycles. The quantitative estimate of drug-likeness (QED) is 0.862. The Kier molecular flexibility index (Phi) is 5.31. The maximum absolute atomic E-state index is 12.1. The molecule has 0 bridgehead atoms. The lowest BCUT2D eigenvalue weighted by atomic mass is 10.2. The molecule has 0 radical (unpaired) electrons. The van der Waals surface area contributed by atoms with Crippen molar-refractivity contribution in [1.29, 1.82) is 5.26 Å². The molecule has 0 aromatic carbocycles. The molecule has 114 valence electrons. The van der Waals surface area contributed by atoms with Crippen LogP contribution in [0.15, 0.2) is 0 Å². The molecule has 6 nitrogen and oxygen atoms in total. The van der Waals surface area contributed by atoms with Gasteiger partial charge in [0.05, 0.1) is 31.4 Å². The van der Waals surface area contributed by atoms with Crippen LogP contribution in [0.1, 0.15) is 16.0 Å². The second kappa shape index (κ2) is 7.00. The third-order valence-electron chi connectivity index (χ3n) is 3.54. The number of aliphatic hydroxyl groups is 1. The van der Waals surface area contributed by atoms with Crippen LogP contribution in [0, 0.1) is 25.2 Å². The van der Waals surface area contributed by atoms with Crippen LogP contribution in [0.5, 0.6) is 0 Å². The first-order valence-corrected chi connectivity index (χ1v) is 7.61. The molecular weight excluding hydrogens is 290 g/mol. The molecule has 2 heterocycles. The minimum absolute atomic E-state index is 0.0417. The lowest BCUT2D eigenvalue weighted by Crippen LogP contribution is -2.46. The van der Waals surface area contributed by atoms with Gasteiger partial charge in [0.1, 0.15) is 11.1 Å². The van der Waals surface area contributed by atoms with E-state index in [1.807, 2.05) is 18.7 Å². The van der Waals surface area contributed by atoms with Crippen molar-refractivity contribution in [1.82, 2.24) is 4.90 Å². The summed E-state index contributed by atoms with van der Waals surface area (Å²) in [6, 6.07) is 2.14. The minimum Gasteiger partial charge on any atom is -0.394 e. The van der Waals surface area contributed by atoms with Gasteiger partial charge in [-0.05, 0) is 19.4 Å². The number of rotatable bonds is 4. The highest BCUT2D eigenvalue weighted by molar-refractivity contribution is 7.16. The van der Waals surface area contributed by atoms with Gasteiger partial charge in [0.25, 0.3) is 0 Å². The molecule has 1 fully saturated rings. The van der Waals surface area contributed by atoms with Crippen molar-refractivity contribution in [3.63, 3.8) is 0 Å².